The summed E-state index contributed by atoms with van der Waals surface area (Å²) in [6.45, 7) is -1.41. The van der Waals surface area contributed by atoms with Gasteiger partial charge in [-0.2, -0.15) is 0 Å². The summed E-state index contributed by atoms with van der Waals surface area (Å²) in [5.41, 5.74) is 0. The van der Waals surface area contributed by atoms with Crippen LogP contribution in [0.1, 0.15) is 0 Å². The van der Waals surface area contributed by atoms with E-state index in [1.54, 1.807) is 0 Å². The van der Waals surface area contributed by atoms with Crippen molar-refractivity contribution in [1.82, 2.24) is 0 Å². The average Bonchev–Trinajstić information content (AvgIpc) is 2.80. The van der Waals surface area contributed by atoms with E-state index in [1.165, 1.54) is 0 Å². The first-order chi connectivity index (χ1) is 11.5. The number of rotatable bonds is 5. The molecule has 2 fully saturated rings. The van der Waals surface area contributed by atoms with Gasteiger partial charge in [0.1, 0.15) is 36.6 Å². The van der Waals surface area contributed by atoms with Crippen molar-refractivity contribution in [2.75, 3.05) is 13.2 Å². The number of hydrogen-bond donors (Lipinski definition) is 7. The van der Waals surface area contributed by atoms with Crippen molar-refractivity contribution >= 4 is 34.8 Å². The third-order valence-electron chi connectivity index (χ3n) is 4.10. The second-order valence-electron chi connectivity index (χ2n) is 5.76. The molecule has 0 aliphatic carbocycles. The fraction of sp³-hybridized carbons (Fsp3) is 1.00. The molecule has 2 heterocycles. The molecule has 0 aromatic carbocycles. The maximum absolute atomic E-state index is 10.4. The molecule has 2 aliphatic heterocycles. The Hall–Kier alpha value is 0.470. The molecule has 2 rings (SSSR count). The van der Waals surface area contributed by atoms with Crippen LogP contribution in [0.4, 0.5) is 0 Å². The average molecular weight is 430 g/mol. The predicted octanol–water partition coefficient (Wildman–Crippen LogP) is -3.02. The van der Waals surface area contributed by atoms with Gasteiger partial charge in [0.2, 0.25) is 0 Å². The van der Waals surface area contributed by atoms with E-state index in [1.807, 2.05) is 0 Å². The molecule has 25 heavy (non-hydrogen) atoms. The fourth-order valence-corrected chi connectivity index (χ4v) is 3.34. The standard InChI is InChI=1S/C12H19Cl3O10/c13-5-3(1-16)23-10(8(20)7(5)19)25-12(14,15)11(22)9(21)6(18)4(2-17)24-11/h3-10,16-22H,1-2H2/t3-,4-,5+,6-,7+,8-,9+,10-,11+/m1/s1. The van der Waals surface area contributed by atoms with E-state index in [4.69, 9.17) is 54.1 Å². The first-order valence-electron chi connectivity index (χ1n) is 7.19. The van der Waals surface area contributed by atoms with Gasteiger partial charge in [-0.3, -0.25) is 0 Å². The highest BCUT2D eigenvalue weighted by molar-refractivity contribution is 6.48. The number of aliphatic hydroxyl groups excluding tert-OH is 6. The largest absolute Gasteiger partial charge is 0.394 e. The Labute approximate surface area is 157 Å². The maximum atomic E-state index is 10.4. The van der Waals surface area contributed by atoms with E-state index in [-0.39, 0.29) is 0 Å². The Kier molecular flexibility index (Phi) is 6.82. The molecule has 10 nitrogen and oxygen atoms in total. The van der Waals surface area contributed by atoms with E-state index in [9.17, 15) is 30.6 Å². The first kappa shape index (κ1) is 21.8. The molecule has 0 amide bonds. The molecule has 0 bridgehead atoms. The molecule has 9 atom stereocenters. The van der Waals surface area contributed by atoms with E-state index >= 15 is 0 Å². The highest BCUT2D eigenvalue weighted by Crippen LogP contribution is 2.46. The van der Waals surface area contributed by atoms with Crippen molar-refractivity contribution in [2.45, 2.75) is 58.6 Å². The summed E-state index contributed by atoms with van der Waals surface area (Å²) in [6, 6.07) is 0. The molecule has 0 unspecified atom stereocenters. The maximum Gasteiger partial charge on any atom is 0.277 e. The minimum absolute atomic E-state index is 0.635. The molecule has 7 N–H and O–H groups in total. The molecule has 0 aromatic rings. The van der Waals surface area contributed by atoms with Gasteiger partial charge in [-0.15, -0.1) is 11.6 Å². The summed E-state index contributed by atoms with van der Waals surface area (Å²) in [7, 11) is 0. The van der Waals surface area contributed by atoms with Crippen LogP contribution in [0.15, 0.2) is 0 Å². The van der Waals surface area contributed by atoms with Gasteiger partial charge < -0.3 is 50.0 Å². The van der Waals surface area contributed by atoms with E-state index in [0.717, 1.165) is 0 Å². The van der Waals surface area contributed by atoms with E-state index < -0.39 is 71.8 Å². The zero-order valence-electron chi connectivity index (χ0n) is 12.5. The Morgan fingerprint density at radius 3 is 2.00 bits per heavy atom. The third-order valence-corrected chi connectivity index (χ3v) is 5.36. The van der Waals surface area contributed by atoms with Crippen LogP contribution in [-0.2, 0) is 14.2 Å². The summed E-state index contributed by atoms with van der Waals surface area (Å²) >= 11 is 17.6. The Morgan fingerprint density at radius 2 is 1.52 bits per heavy atom. The number of aliphatic hydroxyl groups is 7. The highest BCUT2D eigenvalue weighted by atomic mass is 35.5. The van der Waals surface area contributed by atoms with Gasteiger partial charge in [0, 0.05) is 0 Å². The smallest absolute Gasteiger partial charge is 0.277 e. The summed E-state index contributed by atoms with van der Waals surface area (Å²) in [5.74, 6) is -2.91. The third kappa shape index (κ3) is 3.74. The molecule has 148 valence electrons. The predicted molar refractivity (Wildman–Crippen MR) is 81.8 cm³/mol. The molecule has 2 aliphatic rings. The SMILES string of the molecule is OC[C@H]1O[C@](O)(C(Cl)(Cl)O[C@H]2O[C@H](CO)[C@H](Cl)[C@H](O)[C@H]2O)[C@@H](O)[C@@H]1O. The second kappa shape index (κ2) is 7.84. The van der Waals surface area contributed by atoms with Gasteiger partial charge in [0.15, 0.2) is 6.29 Å². The quantitative estimate of drug-likeness (QED) is 0.223. The van der Waals surface area contributed by atoms with Crippen LogP contribution in [0.5, 0.6) is 0 Å². The molecule has 0 saturated carbocycles. The van der Waals surface area contributed by atoms with Crippen molar-refractivity contribution in [3.63, 3.8) is 0 Å². The normalized spacial score (nSPS) is 48.7. The van der Waals surface area contributed by atoms with Crippen LogP contribution in [0.25, 0.3) is 0 Å². The van der Waals surface area contributed by atoms with Crippen molar-refractivity contribution in [1.29, 1.82) is 0 Å². The summed E-state index contributed by atoms with van der Waals surface area (Å²) < 4.78 is 12.3. The van der Waals surface area contributed by atoms with Gasteiger partial charge in [0.05, 0.1) is 18.6 Å². The van der Waals surface area contributed by atoms with Crippen LogP contribution in [0, 0.1) is 0 Å². The first-order valence-corrected chi connectivity index (χ1v) is 8.38. The zero-order chi connectivity index (χ0) is 19.2. The molecule has 0 spiro atoms. The lowest BCUT2D eigenvalue weighted by atomic mass is 10.0. The molecule has 13 heteroatoms. The minimum atomic E-state index is -2.91. The van der Waals surface area contributed by atoms with Gasteiger partial charge in [-0.05, 0) is 0 Å². The van der Waals surface area contributed by atoms with Gasteiger partial charge >= 0.3 is 0 Å². The summed E-state index contributed by atoms with van der Waals surface area (Å²) in [5, 5.41) is 67.0. The highest BCUT2D eigenvalue weighted by Gasteiger charge is 2.66. The molecule has 2 saturated heterocycles. The lowest BCUT2D eigenvalue weighted by Gasteiger charge is -2.44. The number of ether oxygens (including phenoxy) is 3. The van der Waals surface area contributed by atoms with Crippen LogP contribution in [0.3, 0.4) is 0 Å². The lowest BCUT2D eigenvalue weighted by molar-refractivity contribution is -0.338. The van der Waals surface area contributed by atoms with E-state index in [2.05, 4.69) is 0 Å². The monoisotopic (exact) mass is 428 g/mol. The van der Waals surface area contributed by atoms with Crippen molar-refractivity contribution in [2.24, 2.45) is 0 Å². The summed E-state index contributed by atoms with van der Waals surface area (Å²) in [4.78, 5) is 0. The number of hydrogen-bond acceptors (Lipinski definition) is 10. The molecular weight excluding hydrogens is 410 g/mol. The Morgan fingerprint density at radius 1 is 0.960 bits per heavy atom. The molecule has 0 aromatic heterocycles. The topological polar surface area (TPSA) is 169 Å². The zero-order valence-corrected chi connectivity index (χ0v) is 14.8. The van der Waals surface area contributed by atoms with Crippen molar-refractivity contribution < 1.29 is 50.0 Å². The minimum Gasteiger partial charge on any atom is -0.394 e. The van der Waals surface area contributed by atoms with Crippen molar-refractivity contribution in [3.8, 4) is 0 Å². The van der Waals surface area contributed by atoms with Gasteiger partial charge in [0.25, 0.3) is 10.3 Å². The van der Waals surface area contributed by atoms with Crippen molar-refractivity contribution in [3.05, 3.63) is 0 Å². The molecular formula is C12H19Cl3O10. The van der Waals surface area contributed by atoms with E-state index in [0.29, 0.717) is 0 Å². The van der Waals surface area contributed by atoms with Crippen LogP contribution < -0.4 is 0 Å². The van der Waals surface area contributed by atoms with Crippen LogP contribution in [0.2, 0.25) is 0 Å². The van der Waals surface area contributed by atoms with Crippen LogP contribution >= 0.6 is 34.8 Å². The Balaban J connectivity index is 2.20. The number of alkyl halides is 3. The second-order valence-corrected chi connectivity index (χ2v) is 7.52. The lowest BCUT2D eigenvalue weighted by Crippen LogP contribution is -2.63. The van der Waals surface area contributed by atoms with Gasteiger partial charge in [-0.1, -0.05) is 23.2 Å². The Bertz CT molecular complexity index is 468. The fourth-order valence-electron chi connectivity index (χ4n) is 2.56. The van der Waals surface area contributed by atoms with Gasteiger partial charge in [-0.25, -0.2) is 0 Å². The molecule has 0 radical (unpaired) electrons. The summed E-state index contributed by atoms with van der Waals surface area (Å²) in [6.07, 6.45) is -11.5. The number of halogens is 3. The van der Waals surface area contributed by atoms with Crippen LogP contribution in [-0.4, -0.2) is 108 Å².